The highest BCUT2D eigenvalue weighted by Gasteiger charge is 2.39. The van der Waals surface area contributed by atoms with Crippen molar-refractivity contribution in [3.63, 3.8) is 0 Å². The Balaban J connectivity index is 2.60. The summed E-state index contributed by atoms with van der Waals surface area (Å²) in [5, 5.41) is 3.32. The molecule has 1 saturated carbocycles. The van der Waals surface area contributed by atoms with Crippen LogP contribution in [-0.2, 0) is 10.0 Å². The zero-order valence-corrected chi connectivity index (χ0v) is 12.4. The van der Waals surface area contributed by atoms with E-state index in [2.05, 4.69) is 33.0 Å². The number of likely N-dealkylation sites (N-methyl/N-ethyl adjacent to an activating group) is 1. The Morgan fingerprint density at radius 1 is 1.24 bits per heavy atom. The maximum atomic E-state index is 12.0. The number of sulfonamides is 1. The predicted octanol–water partition coefficient (Wildman–Crippen LogP) is 1.43. The van der Waals surface area contributed by atoms with E-state index < -0.39 is 10.0 Å². The number of hydrogen-bond acceptors (Lipinski definition) is 3. The molecule has 1 aliphatic rings. The monoisotopic (exact) mass is 262 g/mol. The third kappa shape index (κ3) is 4.23. The van der Waals surface area contributed by atoms with Gasteiger partial charge in [0, 0.05) is 25.7 Å². The molecule has 0 saturated heterocycles. The minimum absolute atomic E-state index is 0.112. The van der Waals surface area contributed by atoms with Crippen LogP contribution in [-0.4, -0.2) is 43.6 Å². The molecule has 0 unspecified atom stereocenters. The highest BCUT2D eigenvalue weighted by molar-refractivity contribution is 7.90. The summed E-state index contributed by atoms with van der Waals surface area (Å²) in [4.78, 5) is 0. The molecule has 0 aromatic heterocycles. The number of hydrogen-bond donors (Lipinski definition) is 1. The van der Waals surface area contributed by atoms with Gasteiger partial charge in [0.15, 0.2) is 0 Å². The van der Waals surface area contributed by atoms with Gasteiger partial charge in [0.1, 0.15) is 0 Å². The van der Waals surface area contributed by atoms with Crippen molar-refractivity contribution in [2.45, 2.75) is 57.9 Å². The second-order valence-electron chi connectivity index (χ2n) is 5.70. The Morgan fingerprint density at radius 3 is 2.12 bits per heavy atom. The summed E-state index contributed by atoms with van der Waals surface area (Å²) < 4.78 is 25.6. The highest BCUT2D eigenvalue weighted by atomic mass is 32.2. The molecular weight excluding hydrogens is 236 g/mol. The lowest BCUT2D eigenvalue weighted by Crippen LogP contribution is -2.47. The number of nitrogens with zero attached hydrogens (tertiary/aromatic N) is 1. The zero-order chi connectivity index (χ0) is 13.2. The lowest BCUT2D eigenvalue weighted by atomic mass is 10.0. The average molecular weight is 262 g/mol. The molecule has 1 fully saturated rings. The van der Waals surface area contributed by atoms with Gasteiger partial charge < -0.3 is 5.32 Å². The Labute approximate surface area is 106 Å². The van der Waals surface area contributed by atoms with Crippen molar-refractivity contribution in [3.8, 4) is 0 Å². The molecule has 0 aliphatic heterocycles. The third-order valence-electron chi connectivity index (χ3n) is 3.19. The normalized spacial score (nSPS) is 19.3. The second kappa shape index (κ2) is 5.67. The van der Waals surface area contributed by atoms with Crippen LogP contribution in [0.1, 0.15) is 40.5 Å². The van der Waals surface area contributed by atoms with Crippen molar-refractivity contribution in [3.05, 3.63) is 0 Å². The van der Waals surface area contributed by atoms with Gasteiger partial charge in [-0.15, -0.1) is 0 Å². The van der Waals surface area contributed by atoms with E-state index in [-0.39, 0.29) is 11.3 Å². The Bertz CT molecular complexity index is 334. The molecule has 102 valence electrons. The van der Waals surface area contributed by atoms with Crippen LogP contribution in [0.15, 0.2) is 0 Å². The van der Waals surface area contributed by atoms with Crippen LogP contribution in [0.25, 0.3) is 0 Å². The first-order chi connectivity index (χ1) is 7.75. The zero-order valence-electron chi connectivity index (χ0n) is 11.6. The third-order valence-corrected chi connectivity index (χ3v) is 5.52. The molecule has 0 aromatic rings. The highest BCUT2D eigenvalue weighted by Crippen LogP contribution is 2.30. The molecule has 1 aliphatic carbocycles. The molecule has 1 N–H and O–H groups in total. The van der Waals surface area contributed by atoms with E-state index in [1.807, 2.05) is 0 Å². The van der Waals surface area contributed by atoms with E-state index in [0.29, 0.717) is 18.5 Å². The summed E-state index contributed by atoms with van der Waals surface area (Å²) in [6.45, 7) is 8.99. The first-order valence-electron chi connectivity index (χ1n) is 6.46. The first-order valence-corrected chi connectivity index (χ1v) is 7.96. The van der Waals surface area contributed by atoms with Gasteiger partial charge >= 0.3 is 0 Å². The molecule has 0 bridgehead atoms. The average Bonchev–Trinajstić information content (AvgIpc) is 2.98. The van der Waals surface area contributed by atoms with Crippen molar-refractivity contribution in [2.75, 3.05) is 13.6 Å². The Hall–Kier alpha value is -0.130. The molecule has 0 aromatic carbocycles. The van der Waals surface area contributed by atoms with Crippen LogP contribution >= 0.6 is 0 Å². The summed E-state index contributed by atoms with van der Waals surface area (Å²) in [6.07, 6.45) is 1.66. The Kier molecular flexibility index (Phi) is 4.98. The fourth-order valence-corrected chi connectivity index (χ4v) is 3.49. The van der Waals surface area contributed by atoms with Gasteiger partial charge in [-0.05, 0) is 18.8 Å². The minimum Gasteiger partial charge on any atom is -0.310 e. The summed E-state index contributed by atoms with van der Waals surface area (Å²) in [6, 6.07) is 0.591. The molecule has 1 atom stereocenters. The lowest BCUT2D eigenvalue weighted by Gasteiger charge is -2.29. The van der Waals surface area contributed by atoms with Crippen LogP contribution in [0.3, 0.4) is 0 Å². The van der Waals surface area contributed by atoms with Gasteiger partial charge in [0.2, 0.25) is 10.0 Å². The van der Waals surface area contributed by atoms with Crippen LogP contribution in [0.2, 0.25) is 0 Å². The van der Waals surface area contributed by atoms with Crippen LogP contribution < -0.4 is 5.32 Å². The summed E-state index contributed by atoms with van der Waals surface area (Å²) in [5.41, 5.74) is 0. The lowest BCUT2D eigenvalue weighted by molar-refractivity contribution is 0.312. The van der Waals surface area contributed by atoms with E-state index in [0.717, 1.165) is 12.8 Å². The fourth-order valence-electron chi connectivity index (χ4n) is 1.89. The largest absolute Gasteiger partial charge is 0.310 e. The van der Waals surface area contributed by atoms with Crippen molar-refractivity contribution < 1.29 is 8.42 Å². The molecule has 4 nitrogen and oxygen atoms in total. The van der Waals surface area contributed by atoms with Crippen LogP contribution in [0, 0.1) is 5.92 Å². The molecule has 0 radical (unpaired) electrons. The van der Waals surface area contributed by atoms with Crippen molar-refractivity contribution >= 4 is 10.0 Å². The summed E-state index contributed by atoms with van der Waals surface area (Å²) >= 11 is 0. The maximum absolute atomic E-state index is 12.0. The summed E-state index contributed by atoms with van der Waals surface area (Å²) in [7, 11) is -1.34. The molecule has 5 heteroatoms. The van der Waals surface area contributed by atoms with E-state index in [1.165, 1.54) is 4.31 Å². The molecule has 17 heavy (non-hydrogen) atoms. The standard InChI is InChI=1S/C12H26N2O2S/c1-9(2)12(13-10(3)4)8-14(5)17(15,16)11-6-7-11/h9-13H,6-8H2,1-5H3/t12-/m1/s1. The SMILES string of the molecule is CC(C)N[C@H](CN(C)S(=O)(=O)C1CC1)C(C)C. The van der Waals surface area contributed by atoms with Gasteiger partial charge in [-0.1, -0.05) is 27.7 Å². The second-order valence-corrected chi connectivity index (χ2v) is 8.02. The minimum atomic E-state index is -3.04. The van der Waals surface area contributed by atoms with E-state index in [1.54, 1.807) is 7.05 Å². The molecule has 0 heterocycles. The quantitative estimate of drug-likeness (QED) is 0.755. The number of rotatable bonds is 7. The van der Waals surface area contributed by atoms with E-state index >= 15 is 0 Å². The van der Waals surface area contributed by atoms with Crippen molar-refractivity contribution in [1.82, 2.24) is 9.62 Å². The molecule has 1 rings (SSSR count). The smallest absolute Gasteiger partial charge is 0.216 e. The number of nitrogens with one attached hydrogen (secondary N) is 1. The molecular formula is C12H26N2O2S. The van der Waals surface area contributed by atoms with Crippen molar-refractivity contribution in [2.24, 2.45) is 5.92 Å². The van der Waals surface area contributed by atoms with E-state index in [4.69, 9.17) is 0 Å². The van der Waals surface area contributed by atoms with Crippen LogP contribution in [0.5, 0.6) is 0 Å². The van der Waals surface area contributed by atoms with Gasteiger partial charge in [-0.3, -0.25) is 0 Å². The maximum Gasteiger partial charge on any atom is 0.216 e. The fraction of sp³-hybridized carbons (Fsp3) is 1.00. The van der Waals surface area contributed by atoms with Crippen molar-refractivity contribution in [1.29, 1.82) is 0 Å². The van der Waals surface area contributed by atoms with Gasteiger partial charge in [-0.25, -0.2) is 12.7 Å². The predicted molar refractivity (Wildman–Crippen MR) is 71.5 cm³/mol. The van der Waals surface area contributed by atoms with E-state index in [9.17, 15) is 8.42 Å². The Morgan fingerprint density at radius 2 is 1.76 bits per heavy atom. The van der Waals surface area contributed by atoms with Crippen LogP contribution in [0.4, 0.5) is 0 Å². The first kappa shape index (κ1) is 14.9. The molecule has 0 spiro atoms. The van der Waals surface area contributed by atoms with Gasteiger partial charge in [0.05, 0.1) is 5.25 Å². The topological polar surface area (TPSA) is 49.4 Å². The summed E-state index contributed by atoms with van der Waals surface area (Å²) in [5.74, 6) is 0.425. The molecule has 0 amide bonds. The van der Waals surface area contributed by atoms with Gasteiger partial charge in [0.25, 0.3) is 0 Å². The van der Waals surface area contributed by atoms with Gasteiger partial charge in [-0.2, -0.15) is 0 Å².